The van der Waals surface area contributed by atoms with Crippen molar-refractivity contribution in [1.82, 2.24) is 4.90 Å². The zero-order valence-electron chi connectivity index (χ0n) is 15.7. The zero-order chi connectivity index (χ0) is 19.8. The Kier molecular flexibility index (Phi) is 4.46. The summed E-state index contributed by atoms with van der Waals surface area (Å²) in [6.07, 6.45) is 0.407. The molecule has 8 nitrogen and oxygen atoms in total. The molecule has 0 aromatic heterocycles. The van der Waals surface area contributed by atoms with E-state index < -0.39 is 5.91 Å². The van der Waals surface area contributed by atoms with Crippen LogP contribution < -0.4 is 23.7 Å². The van der Waals surface area contributed by atoms with Crippen molar-refractivity contribution in [2.24, 2.45) is 0 Å². The highest BCUT2D eigenvalue weighted by Crippen LogP contribution is 2.40. The molecule has 0 bridgehead atoms. The Balaban J connectivity index is 1.60. The molecule has 0 aliphatic carbocycles. The summed E-state index contributed by atoms with van der Waals surface area (Å²) < 4.78 is 26.7. The van der Waals surface area contributed by atoms with Gasteiger partial charge in [0.05, 0.1) is 32.5 Å². The minimum Gasteiger partial charge on any atom is -0.496 e. The summed E-state index contributed by atoms with van der Waals surface area (Å²) in [5.74, 6) is 1.74. The molecule has 28 heavy (non-hydrogen) atoms. The molecule has 0 fully saturated rings. The van der Waals surface area contributed by atoms with Crippen LogP contribution in [0.2, 0.25) is 0 Å². The van der Waals surface area contributed by atoms with Gasteiger partial charge in [-0.15, -0.1) is 0 Å². The predicted molar refractivity (Wildman–Crippen MR) is 97.7 cm³/mol. The molecule has 2 heterocycles. The van der Waals surface area contributed by atoms with E-state index in [1.54, 1.807) is 25.3 Å². The SMILES string of the molecule is COc1cc2c(cc1CCN1C(=O)c3ccc(OC)c(OC)c3C1=O)OCO2. The zero-order valence-corrected chi connectivity index (χ0v) is 15.7. The van der Waals surface area contributed by atoms with E-state index in [2.05, 4.69) is 0 Å². The fraction of sp³-hybridized carbons (Fsp3) is 0.300. The Hall–Kier alpha value is -3.42. The molecule has 2 aliphatic rings. The van der Waals surface area contributed by atoms with Crippen LogP contribution in [0.3, 0.4) is 0 Å². The highest BCUT2D eigenvalue weighted by molar-refractivity contribution is 6.23. The van der Waals surface area contributed by atoms with E-state index in [0.29, 0.717) is 35.0 Å². The van der Waals surface area contributed by atoms with E-state index in [9.17, 15) is 9.59 Å². The number of nitrogens with zero attached hydrogens (tertiary/aromatic N) is 1. The van der Waals surface area contributed by atoms with Gasteiger partial charge < -0.3 is 23.7 Å². The van der Waals surface area contributed by atoms with Gasteiger partial charge in [0.1, 0.15) is 5.75 Å². The number of amides is 2. The summed E-state index contributed by atoms with van der Waals surface area (Å²) in [6, 6.07) is 6.75. The summed E-state index contributed by atoms with van der Waals surface area (Å²) >= 11 is 0. The third kappa shape index (κ3) is 2.69. The van der Waals surface area contributed by atoms with E-state index in [4.69, 9.17) is 23.7 Å². The van der Waals surface area contributed by atoms with Gasteiger partial charge in [-0.25, -0.2) is 0 Å². The van der Waals surface area contributed by atoms with Gasteiger partial charge in [0.15, 0.2) is 23.0 Å². The van der Waals surface area contributed by atoms with Gasteiger partial charge in [-0.05, 0) is 30.2 Å². The first kappa shape index (κ1) is 18.0. The van der Waals surface area contributed by atoms with Crippen LogP contribution in [0.4, 0.5) is 0 Å². The molecule has 0 unspecified atom stereocenters. The van der Waals surface area contributed by atoms with Crippen LogP contribution in [0.1, 0.15) is 26.3 Å². The van der Waals surface area contributed by atoms with Gasteiger partial charge in [0, 0.05) is 12.6 Å². The van der Waals surface area contributed by atoms with Crippen LogP contribution in [-0.4, -0.2) is 51.4 Å². The van der Waals surface area contributed by atoms with Crippen LogP contribution in [0.5, 0.6) is 28.7 Å². The maximum Gasteiger partial charge on any atom is 0.265 e. The van der Waals surface area contributed by atoms with Gasteiger partial charge in [-0.2, -0.15) is 0 Å². The quantitative estimate of drug-likeness (QED) is 0.706. The van der Waals surface area contributed by atoms with Crippen LogP contribution in [0.15, 0.2) is 24.3 Å². The standard InChI is InChI=1S/C20H19NO7/c1-24-13-5-4-12-17(18(13)26-3)20(23)21(19(12)22)7-6-11-8-15-16(28-10-27-15)9-14(11)25-2/h4-5,8-9H,6-7,10H2,1-3H3. The molecule has 2 amide bonds. The van der Waals surface area contributed by atoms with Gasteiger partial charge >= 0.3 is 0 Å². The van der Waals surface area contributed by atoms with Crippen molar-refractivity contribution in [3.63, 3.8) is 0 Å². The largest absolute Gasteiger partial charge is 0.496 e. The second-order valence-electron chi connectivity index (χ2n) is 6.25. The Bertz CT molecular complexity index is 970. The summed E-state index contributed by atoms with van der Waals surface area (Å²) in [4.78, 5) is 26.9. The molecule has 0 saturated heterocycles. The Labute approximate surface area is 161 Å². The predicted octanol–water partition coefficient (Wildman–Crippen LogP) is 2.28. The number of rotatable bonds is 6. The van der Waals surface area contributed by atoms with Gasteiger partial charge in [0.2, 0.25) is 6.79 Å². The number of hydrogen-bond donors (Lipinski definition) is 0. The molecule has 8 heteroatoms. The molecule has 0 atom stereocenters. The molecule has 2 aromatic rings. The topological polar surface area (TPSA) is 83.5 Å². The number of carbonyl (C=O) groups excluding carboxylic acids is 2. The van der Waals surface area contributed by atoms with Crippen molar-refractivity contribution < 1.29 is 33.3 Å². The smallest absolute Gasteiger partial charge is 0.265 e. The third-order valence-corrected chi connectivity index (χ3v) is 4.86. The molecule has 0 spiro atoms. The third-order valence-electron chi connectivity index (χ3n) is 4.86. The molecule has 0 saturated carbocycles. The van der Waals surface area contributed by atoms with Gasteiger partial charge in [-0.3, -0.25) is 14.5 Å². The number of methoxy groups -OCH3 is 3. The van der Waals surface area contributed by atoms with Crippen molar-refractivity contribution in [3.8, 4) is 28.7 Å². The molecular weight excluding hydrogens is 366 g/mol. The van der Waals surface area contributed by atoms with Gasteiger partial charge in [-0.1, -0.05) is 0 Å². The molecule has 146 valence electrons. The average molecular weight is 385 g/mol. The van der Waals surface area contributed by atoms with E-state index >= 15 is 0 Å². The average Bonchev–Trinajstić information content (AvgIpc) is 3.27. The van der Waals surface area contributed by atoms with Crippen molar-refractivity contribution in [3.05, 3.63) is 41.0 Å². The molecule has 0 N–H and O–H groups in total. The highest BCUT2D eigenvalue weighted by Gasteiger charge is 2.39. The van der Waals surface area contributed by atoms with E-state index in [-0.39, 0.29) is 30.6 Å². The van der Waals surface area contributed by atoms with E-state index in [0.717, 1.165) is 5.56 Å². The van der Waals surface area contributed by atoms with Crippen molar-refractivity contribution in [1.29, 1.82) is 0 Å². The lowest BCUT2D eigenvalue weighted by Crippen LogP contribution is -2.31. The van der Waals surface area contributed by atoms with Crippen LogP contribution >= 0.6 is 0 Å². The molecule has 0 radical (unpaired) electrons. The summed E-state index contributed by atoms with van der Waals surface area (Å²) in [5.41, 5.74) is 1.35. The first-order valence-electron chi connectivity index (χ1n) is 8.66. The second-order valence-corrected chi connectivity index (χ2v) is 6.25. The Morgan fingerprint density at radius 3 is 2.32 bits per heavy atom. The van der Waals surface area contributed by atoms with Crippen LogP contribution in [-0.2, 0) is 6.42 Å². The molecule has 2 aliphatic heterocycles. The summed E-state index contributed by atoms with van der Waals surface area (Å²) in [5, 5.41) is 0. The Morgan fingerprint density at radius 2 is 1.64 bits per heavy atom. The van der Waals surface area contributed by atoms with Crippen molar-refractivity contribution in [2.75, 3.05) is 34.7 Å². The second kappa shape index (κ2) is 6.95. The monoisotopic (exact) mass is 385 g/mol. The van der Waals surface area contributed by atoms with Crippen molar-refractivity contribution in [2.45, 2.75) is 6.42 Å². The molecule has 4 rings (SSSR count). The van der Waals surface area contributed by atoms with E-state index in [1.165, 1.54) is 19.1 Å². The highest BCUT2D eigenvalue weighted by atomic mass is 16.7. The fourth-order valence-electron chi connectivity index (χ4n) is 3.48. The summed E-state index contributed by atoms with van der Waals surface area (Å²) in [7, 11) is 4.48. The van der Waals surface area contributed by atoms with E-state index in [1.807, 2.05) is 6.07 Å². The lowest BCUT2D eigenvalue weighted by atomic mass is 10.1. The lowest BCUT2D eigenvalue weighted by molar-refractivity contribution is 0.0655. The van der Waals surface area contributed by atoms with Crippen LogP contribution in [0.25, 0.3) is 0 Å². The number of hydrogen-bond acceptors (Lipinski definition) is 7. The number of ether oxygens (including phenoxy) is 5. The maximum absolute atomic E-state index is 12.9. The Morgan fingerprint density at radius 1 is 0.929 bits per heavy atom. The molecule has 2 aromatic carbocycles. The minimum atomic E-state index is -0.407. The lowest BCUT2D eigenvalue weighted by Gasteiger charge is -2.16. The molecular formula is C20H19NO7. The number of carbonyl (C=O) groups is 2. The van der Waals surface area contributed by atoms with Gasteiger partial charge in [0.25, 0.3) is 11.8 Å². The van der Waals surface area contributed by atoms with Crippen LogP contribution in [0, 0.1) is 0 Å². The first-order chi connectivity index (χ1) is 13.6. The number of fused-ring (bicyclic) bond motifs is 2. The fourth-order valence-corrected chi connectivity index (χ4v) is 3.48. The number of imide groups is 1. The normalized spacial score (nSPS) is 14.3. The minimum absolute atomic E-state index is 0.155. The number of benzene rings is 2. The van der Waals surface area contributed by atoms with Crippen molar-refractivity contribution >= 4 is 11.8 Å². The summed E-state index contributed by atoms with van der Waals surface area (Å²) in [6.45, 7) is 0.343. The first-order valence-corrected chi connectivity index (χ1v) is 8.66. The maximum atomic E-state index is 12.9.